The van der Waals surface area contributed by atoms with Crippen molar-refractivity contribution in [1.82, 2.24) is 10.2 Å². The molecule has 1 aromatic carbocycles. The first-order chi connectivity index (χ1) is 10.6. The summed E-state index contributed by atoms with van der Waals surface area (Å²) in [6, 6.07) is 8.72. The van der Waals surface area contributed by atoms with Crippen LogP contribution in [0.15, 0.2) is 24.3 Å². The Labute approximate surface area is 131 Å². The molecule has 2 rings (SSSR count). The first kappa shape index (κ1) is 16.5. The largest absolute Gasteiger partial charge is 0.373 e. The molecule has 1 saturated heterocycles. The van der Waals surface area contributed by atoms with Crippen molar-refractivity contribution in [2.24, 2.45) is 0 Å². The van der Waals surface area contributed by atoms with E-state index in [9.17, 15) is 4.79 Å². The van der Waals surface area contributed by atoms with Crippen molar-refractivity contribution in [3.63, 3.8) is 0 Å². The summed E-state index contributed by atoms with van der Waals surface area (Å²) in [5.74, 6) is -0.0896. The number of rotatable bonds is 5. The molecule has 0 radical (unpaired) electrons. The van der Waals surface area contributed by atoms with Crippen LogP contribution >= 0.6 is 0 Å². The molecule has 1 aliphatic rings. The highest BCUT2D eigenvalue weighted by Gasteiger charge is 2.21. The van der Waals surface area contributed by atoms with E-state index in [2.05, 4.69) is 24.1 Å². The summed E-state index contributed by atoms with van der Waals surface area (Å²) in [5, 5.41) is 11.7. The maximum atomic E-state index is 12.0. The molecule has 1 fully saturated rings. The van der Waals surface area contributed by atoms with E-state index in [4.69, 9.17) is 10.00 Å². The molecule has 1 amide bonds. The lowest BCUT2D eigenvalue weighted by atomic mass is 10.1. The molecule has 5 heteroatoms. The minimum atomic E-state index is -0.0896. The molecule has 0 aliphatic carbocycles. The van der Waals surface area contributed by atoms with Crippen LogP contribution in [0.5, 0.6) is 0 Å². The number of hydrogen-bond donors (Lipinski definition) is 1. The molecule has 0 saturated carbocycles. The zero-order chi connectivity index (χ0) is 15.9. The molecule has 22 heavy (non-hydrogen) atoms. The van der Waals surface area contributed by atoms with Crippen molar-refractivity contribution in [2.75, 3.05) is 26.2 Å². The van der Waals surface area contributed by atoms with Crippen LogP contribution in [0, 0.1) is 11.3 Å². The van der Waals surface area contributed by atoms with Gasteiger partial charge in [-0.05, 0) is 44.5 Å². The molecule has 1 N–H and O–H groups in total. The lowest BCUT2D eigenvalue weighted by Gasteiger charge is -2.35. The lowest BCUT2D eigenvalue weighted by Crippen LogP contribution is -2.46. The van der Waals surface area contributed by atoms with Crippen molar-refractivity contribution >= 4 is 5.91 Å². The molecule has 1 aliphatic heterocycles. The number of carbonyl (C=O) groups is 1. The van der Waals surface area contributed by atoms with Gasteiger partial charge < -0.3 is 10.1 Å². The normalized spacial score (nSPS) is 22.0. The van der Waals surface area contributed by atoms with E-state index in [1.54, 1.807) is 24.3 Å². The molecular formula is C17H23N3O2. The Morgan fingerprint density at radius 1 is 1.32 bits per heavy atom. The van der Waals surface area contributed by atoms with Crippen LogP contribution in [0.2, 0.25) is 0 Å². The van der Waals surface area contributed by atoms with Crippen LogP contribution in [-0.2, 0) is 4.74 Å². The van der Waals surface area contributed by atoms with Gasteiger partial charge in [0, 0.05) is 31.7 Å². The molecule has 0 unspecified atom stereocenters. The Balaban J connectivity index is 1.69. The number of morpholine rings is 1. The second-order valence-corrected chi connectivity index (χ2v) is 5.82. The highest BCUT2D eigenvalue weighted by Crippen LogP contribution is 2.10. The summed E-state index contributed by atoms with van der Waals surface area (Å²) in [5.41, 5.74) is 1.15. The first-order valence-corrected chi connectivity index (χ1v) is 7.74. The standard InChI is InChI=1S/C17H23N3O2/c1-13-11-20(12-14(2)22-13)9-3-8-19-17(21)16-6-4-15(10-18)5-7-16/h4-7,13-14H,3,8-9,11-12H2,1-2H3,(H,19,21)/t13-,14-/m0/s1. The highest BCUT2D eigenvalue weighted by molar-refractivity contribution is 5.94. The number of carbonyl (C=O) groups excluding carboxylic acids is 1. The Morgan fingerprint density at radius 2 is 1.95 bits per heavy atom. The number of ether oxygens (including phenoxy) is 1. The molecule has 118 valence electrons. The molecule has 0 bridgehead atoms. The van der Waals surface area contributed by atoms with Crippen molar-refractivity contribution in [3.05, 3.63) is 35.4 Å². The maximum absolute atomic E-state index is 12.0. The summed E-state index contributed by atoms with van der Waals surface area (Å²) >= 11 is 0. The molecule has 2 atom stereocenters. The van der Waals surface area contributed by atoms with E-state index in [-0.39, 0.29) is 18.1 Å². The Hall–Kier alpha value is -1.90. The van der Waals surface area contributed by atoms with Crippen molar-refractivity contribution in [2.45, 2.75) is 32.5 Å². The van der Waals surface area contributed by atoms with E-state index >= 15 is 0 Å². The predicted molar refractivity (Wildman–Crippen MR) is 84.6 cm³/mol. The SMILES string of the molecule is C[C@H]1CN(CCCNC(=O)c2ccc(C#N)cc2)C[C@H](C)O1. The average molecular weight is 301 g/mol. The smallest absolute Gasteiger partial charge is 0.251 e. The van der Waals surface area contributed by atoms with Gasteiger partial charge in [0.05, 0.1) is 23.8 Å². The molecule has 1 aromatic rings. The third-order valence-electron chi connectivity index (χ3n) is 3.71. The van der Waals surface area contributed by atoms with Gasteiger partial charge in [-0.1, -0.05) is 0 Å². The highest BCUT2D eigenvalue weighted by atomic mass is 16.5. The van der Waals surface area contributed by atoms with Crippen LogP contribution in [0.4, 0.5) is 0 Å². The van der Waals surface area contributed by atoms with E-state index in [0.717, 1.165) is 26.1 Å². The molecular weight excluding hydrogens is 278 g/mol. The number of nitriles is 1. The minimum Gasteiger partial charge on any atom is -0.373 e. The van der Waals surface area contributed by atoms with Crippen LogP contribution < -0.4 is 5.32 Å². The quantitative estimate of drug-likeness (QED) is 0.842. The Kier molecular flexibility index (Phi) is 5.93. The van der Waals surface area contributed by atoms with E-state index < -0.39 is 0 Å². The second kappa shape index (κ2) is 7.92. The topological polar surface area (TPSA) is 65.4 Å². The van der Waals surface area contributed by atoms with Crippen molar-refractivity contribution in [1.29, 1.82) is 5.26 Å². The van der Waals surface area contributed by atoms with E-state index in [1.165, 1.54) is 0 Å². The number of amides is 1. The van der Waals surface area contributed by atoms with Gasteiger partial charge in [-0.25, -0.2) is 0 Å². The molecule has 5 nitrogen and oxygen atoms in total. The zero-order valence-electron chi connectivity index (χ0n) is 13.2. The first-order valence-electron chi connectivity index (χ1n) is 7.74. The van der Waals surface area contributed by atoms with Crippen LogP contribution in [0.25, 0.3) is 0 Å². The van der Waals surface area contributed by atoms with Crippen molar-refractivity contribution < 1.29 is 9.53 Å². The Bertz CT molecular complexity index is 526. The molecule has 1 heterocycles. The summed E-state index contributed by atoms with van der Waals surface area (Å²) < 4.78 is 5.70. The number of nitrogens with zero attached hydrogens (tertiary/aromatic N) is 2. The average Bonchev–Trinajstić information content (AvgIpc) is 2.50. The summed E-state index contributed by atoms with van der Waals surface area (Å²) in [6.07, 6.45) is 1.47. The zero-order valence-corrected chi connectivity index (χ0v) is 13.2. The second-order valence-electron chi connectivity index (χ2n) is 5.82. The van der Waals surface area contributed by atoms with Gasteiger partial charge in [0.25, 0.3) is 5.91 Å². The van der Waals surface area contributed by atoms with Gasteiger partial charge in [-0.15, -0.1) is 0 Å². The summed E-state index contributed by atoms with van der Waals surface area (Å²) in [4.78, 5) is 14.4. The summed E-state index contributed by atoms with van der Waals surface area (Å²) in [6.45, 7) is 7.71. The maximum Gasteiger partial charge on any atom is 0.251 e. The van der Waals surface area contributed by atoms with Crippen molar-refractivity contribution in [3.8, 4) is 6.07 Å². The molecule has 0 aromatic heterocycles. The van der Waals surface area contributed by atoms with Gasteiger partial charge in [0.15, 0.2) is 0 Å². The van der Waals surface area contributed by atoms with Gasteiger partial charge in [0.1, 0.15) is 0 Å². The van der Waals surface area contributed by atoms with Crippen LogP contribution in [0.1, 0.15) is 36.2 Å². The Morgan fingerprint density at radius 3 is 2.55 bits per heavy atom. The minimum absolute atomic E-state index is 0.0896. The third-order valence-corrected chi connectivity index (χ3v) is 3.71. The summed E-state index contributed by atoms with van der Waals surface area (Å²) in [7, 11) is 0. The van der Waals surface area contributed by atoms with Gasteiger partial charge in [-0.3, -0.25) is 9.69 Å². The lowest BCUT2D eigenvalue weighted by molar-refractivity contribution is -0.0679. The fourth-order valence-corrected chi connectivity index (χ4v) is 2.77. The molecule has 0 spiro atoms. The number of hydrogen-bond acceptors (Lipinski definition) is 4. The predicted octanol–water partition coefficient (Wildman–Crippen LogP) is 1.79. The third kappa shape index (κ3) is 4.83. The number of benzene rings is 1. The fourth-order valence-electron chi connectivity index (χ4n) is 2.77. The monoisotopic (exact) mass is 301 g/mol. The van der Waals surface area contributed by atoms with Crippen LogP contribution in [-0.4, -0.2) is 49.2 Å². The van der Waals surface area contributed by atoms with Crippen LogP contribution in [0.3, 0.4) is 0 Å². The van der Waals surface area contributed by atoms with E-state index in [1.807, 2.05) is 6.07 Å². The van der Waals surface area contributed by atoms with Gasteiger partial charge in [-0.2, -0.15) is 5.26 Å². The van der Waals surface area contributed by atoms with E-state index in [0.29, 0.717) is 17.7 Å². The fraction of sp³-hybridized carbons (Fsp3) is 0.529. The van der Waals surface area contributed by atoms with Gasteiger partial charge in [0.2, 0.25) is 0 Å². The number of nitrogens with one attached hydrogen (secondary N) is 1. The van der Waals surface area contributed by atoms with Gasteiger partial charge >= 0.3 is 0 Å².